The molecule has 0 aliphatic rings. The Balaban J connectivity index is 1.84. The van der Waals surface area contributed by atoms with Crippen LogP contribution in [0.3, 0.4) is 0 Å². The van der Waals surface area contributed by atoms with Crippen LogP contribution in [-0.2, 0) is 0 Å². The predicted octanol–water partition coefficient (Wildman–Crippen LogP) is 4.82. The topological polar surface area (TPSA) is 60.5 Å². The van der Waals surface area contributed by atoms with Gasteiger partial charge in [-0.15, -0.1) is 0 Å². The van der Waals surface area contributed by atoms with Crippen molar-refractivity contribution in [2.45, 2.75) is 6.92 Å². The molecule has 0 fully saturated rings. The molecule has 122 valence electrons. The van der Waals surface area contributed by atoms with Crippen LogP contribution in [0.15, 0.2) is 48.5 Å². The summed E-state index contributed by atoms with van der Waals surface area (Å²) < 4.78 is 10.6. The Hall–Kier alpha value is -2.79. The summed E-state index contributed by atoms with van der Waals surface area (Å²) in [7, 11) is 1.50. The lowest BCUT2D eigenvalue weighted by molar-refractivity contribution is 0.215. The number of methoxy groups -OCH3 is 1. The summed E-state index contributed by atoms with van der Waals surface area (Å²) >= 11 is 5.91. The number of halogens is 1. The Bertz CT molecular complexity index is 912. The minimum atomic E-state index is -0.633. The number of hydrogen-bond donors (Lipinski definition) is 1. The van der Waals surface area contributed by atoms with Gasteiger partial charge in [0.1, 0.15) is 11.3 Å². The molecule has 0 atom stereocenters. The highest BCUT2D eigenvalue weighted by molar-refractivity contribution is 6.30. The summed E-state index contributed by atoms with van der Waals surface area (Å²) in [5.74, 6) is 0.841. The number of amides is 1. The molecule has 0 saturated carbocycles. The van der Waals surface area contributed by atoms with E-state index >= 15 is 0 Å². The quantitative estimate of drug-likeness (QED) is 0.741. The fourth-order valence-corrected chi connectivity index (χ4v) is 2.47. The molecule has 1 heterocycles. The average Bonchev–Trinajstić information content (AvgIpc) is 2.57. The van der Waals surface area contributed by atoms with Gasteiger partial charge in [0.15, 0.2) is 5.75 Å². The maximum Gasteiger partial charge on any atom is 0.417 e. The lowest BCUT2D eigenvalue weighted by Crippen LogP contribution is -2.17. The second-order valence-corrected chi connectivity index (χ2v) is 5.58. The zero-order chi connectivity index (χ0) is 17.1. The Labute approximate surface area is 144 Å². The predicted molar refractivity (Wildman–Crippen MR) is 94.1 cm³/mol. The summed E-state index contributed by atoms with van der Waals surface area (Å²) in [6.45, 7) is 1.88. The number of aromatic nitrogens is 1. The molecule has 1 amide bonds. The number of nitrogens with zero attached hydrogens (tertiary/aromatic N) is 1. The number of pyridine rings is 1. The molecule has 0 aliphatic heterocycles. The minimum Gasteiger partial charge on any atom is -0.495 e. The molecule has 6 heteroatoms. The van der Waals surface area contributed by atoms with E-state index in [1.807, 2.05) is 31.2 Å². The first kappa shape index (κ1) is 16.1. The van der Waals surface area contributed by atoms with Crippen LogP contribution in [-0.4, -0.2) is 18.2 Å². The van der Waals surface area contributed by atoms with Crippen LogP contribution in [0.5, 0.6) is 11.5 Å². The largest absolute Gasteiger partial charge is 0.495 e. The van der Waals surface area contributed by atoms with Gasteiger partial charge in [-0.1, -0.05) is 29.8 Å². The number of carbonyl (C=O) groups is 1. The van der Waals surface area contributed by atoms with Gasteiger partial charge in [0.2, 0.25) is 0 Å². The van der Waals surface area contributed by atoms with Crippen molar-refractivity contribution in [2.75, 3.05) is 12.4 Å². The minimum absolute atomic E-state index is 0.390. The van der Waals surface area contributed by atoms with E-state index < -0.39 is 6.09 Å². The molecule has 1 aromatic heterocycles. The number of rotatable bonds is 3. The second kappa shape index (κ2) is 6.76. The molecule has 3 aromatic rings. The molecule has 0 bridgehead atoms. The Morgan fingerprint density at radius 3 is 2.75 bits per heavy atom. The molecular weight excluding hydrogens is 328 g/mol. The van der Waals surface area contributed by atoms with Crippen molar-refractivity contribution in [2.24, 2.45) is 0 Å². The summed E-state index contributed by atoms with van der Waals surface area (Å²) in [5, 5.41) is 4.06. The smallest absolute Gasteiger partial charge is 0.417 e. The molecule has 0 radical (unpaired) electrons. The van der Waals surface area contributed by atoms with Gasteiger partial charge in [0.25, 0.3) is 0 Å². The number of nitrogens with one attached hydrogen (secondary N) is 1. The Kier molecular flexibility index (Phi) is 4.53. The third-order valence-corrected chi connectivity index (χ3v) is 3.66. The lowest BCUT2D eigenvalue weighted by atomic mass is 10.2. The highest BCUT2D eigenvalue weighted by Gasteiger charge is 2.12. The van der Waals surface area contributed by atoms with E-state index in [0.29, 0.717) is 27.7 Å². The highest BCUT2D eigenvalue weighted by Crippen LogP contribution is 2.29. The number of ether oxygens (including phenoxy) is 2. The van der Waals surface area contributed by atoms with E-state index in [1.165, 1.54) is 7.11 Å². The number of benzene rings is 2. The molecular formula is C18H15ClN2O3. The van der Waals surface area contributed by atoms with Crippen molar-refractivity contribution >= 4 is 34.3 Å². The fraction of sp³-hybridized carbons (Fsp3) is 0.111. The maximum atomic E-state index is 12.2. The molecule has 0 unspecified atom stereocenters. The van der Waals surface area contributed by atoms with Crippen LogP contribution in [0.1, 0.15) is 5.69 Å². The zero-order valence-electron chi connectivity index (χ0n) is 13.2. The van der Waals surface area contributed by atoms with Crippen LogP contribution in [0.2, 0.25) is 5.02 Å². The Morgan fingerprint density at radius 1 is 1.12 bits per heavy atom. The zero-order valence-corrected chi connectivity index (χ0v) is 13.9. The van der Waals surface area contributed by atoms with E-state index in [2.05, 4.69) is 10.3 Å². The monoisotopic (exact) mass is 342 g/mol. The van der Waals surface area contributed by atoms with Crippen LogP contribution >= 0.6 is 11.6 Å². The number of fused-ring (bicyclic) bond motifs is 1. The molecule has 0 aliphatic carbocycles. The van der Waals surface area contributed by atoms with Crippen molar-refractivity contribution in [1.29, 1.82) is 0 Å². The van der Waals surface area contributed by atoms with Gasteiger partial charge < -0.3 is 9.47 Å². The van der Waals surface area contributed by atoms with Gasteiger partial charge in [-0.25, -0.2) is 9.78 Å². The van der Waals surface area contributed by atoms with Crippen molar-refractivity contribution in [1.82, 2.24) is 4.98 Å². The van der Waals surface area contributed by atoms with Crippen molar-refractivity contribution in [3.05, 3.63) is 59.2 Å². The van der Waals surface area contributed by atoms with E-state index in [-0.39, 0.29) is 0 Å². The first-order valence-corrected chi connectivity index (χ1v) is 7.63. The number of anilines is 1. The van der Waals surface area contributed by atoms with Crippen molar-refractivity contribution in [3.8, 4) is 11.5 Å². The van der Waals surface area contributed by atoms with Gasteiger partial charge in [-0.05, 0) is 31.2 Å². The number of carbonyl (C=O) groups excluding carboxylic acids is 1. The normalized spacial score (nSPS) is 10.5. The molecule has 24 heavy (non-hydrogen) atoms. The van der Waals surface area contributed by atoms with Gasteiger partial charge in [-0.3, -0.25) is 5.32 Å². The summed E-state index contributed by atoms with van der Waals surface area (Å²) in [6, 6.07) is 14.2. The second-order valence-electron chi connectivity index (χ2n) is 5.14. The third kappa shape index (κ3) is 3.41. The number of aryl methyl sites for hydroxylation is 1. The average molecular weight is 343 g/mol. The van der Waals surface area contributed by atoms with Crippen molar-refractivity contribution < 1.29 is 14.3 Å². The lowest BCUT2D eigenvalue weighted by Gasteiger charge is -2.11. The van der Waals surface area contributed by atoms with Crippen LogP contribution in [0, 0.1) is 6.92 Å². The molecule has 5 nitrogen and oxygen atoms in total. The number of para-hydroxylation sites is 1. The first-order valence-electron chi connectivity index (χ1n) is 7.25. The van der Waals surface area contributed by atoms with E-state index in [1.54, 1.807) is 24.3 Å². The van der Waals surface area contributed by atoms with Gasteiger partial charge in [-0.2, -0.15) is 0 Å². The van der Waals surface area contributed by atoms with Crippen molar-refractivity contribution in [3.63, 3.8) is 0 Å². The Morgan fingerprint density at radius 2 is 1.96 bits per heavy atom. The maximum absolute atomic E-state index is 12.2. The van der Waals surface area contributed by atoms with E-state index in [0.717, 1.165) is 11.1 Å². The van der Waals surface area contributed by atoms with Crippen LogP contribution in [0.25, 0.3) is 10.9 Å². The van der Waals surface area contributed by atoms with Gasteiger partial charge in [0, 0.05) is 22.2 Å². The van der Waals surface area contributed by atoms with Gasteiger partial charge >= 0.3 is 6.09 Å². The van der Waals surface area contributed by atoms with Crippen LogP contribution in [0.4, 0.5) is 10.5 Å². The first-order chi connectivity index (χ1) is 11.6. The molecule has 2 aromatic carbocycles. The molecule has 0 spiro atoms. The third-order valence-electron chi connectivity index (χ3n) is 3.43. The number of hydrogen-bond acceptors (Lipinski definition) is 4. The molecule has 1 N–H and O–H groups in total. The van der Waals surface area contributed by atoms with Crippen LogP contribution < -0.4 is 14.8 Å². The van der Waals surface area contributed by atoms with E-state index in [4.69, 9.17) is 21.1 Å². The standard InChI is InChI=1S/C18H15ClN2O3/c1-11-6-7-12-4-3-5-15(17(12)20-11)24-18(22)21-14-9-8-13(19)10-16(14)23-2/h3-10H,1-2H3,(H,21,22). The molecule has 0 saturated heterocycles. The summed E-state index contributed by atoms with van der Waals surface area (Å²) in [6.07, 6.45) is -0.633. The SMILES string of the molecule is COc1cc(Cl)ccc1NC(=O)Oc1cccc2ccc(C)nc12. The summed E-state index contributed by atoms with van der Waals surface area (Å²) in [5.41, 5.74) is 1.95. The van der Waals surface area contributed by atoms with Gasteiger partial charge in [0.05, 0.1) is 12.8 Å². The fourth-order valence-electron chi connectivity index (χ4n) is 2.30. The highest BCUT2D eigenvalue weighted by atomic mass is 35.5. The molecule has 3 rings (SSSR count). The summed E-state index contributed by atoms with van der Waals surface area (Å²) in [4.78, 5) is 16.6. The van der Waals surface area contributed by atoms with E-state index in [9.17, 15) is 4.79 Å².